The number of para-hydroxylation sites is 1. The molecule has 4 N–H and O–H groups in total. The first-order valence-corrected chi connectivity index (χ1v) is 12.1. The van der Waals surface area contributed by atoms with E-state index in [2.05, 4.69) is 15.1 Å². The van der Waals surface area contributed by atoms with Crippen molar-refractivity contribution >= 4 is 17.7 Å². The number of ether oxygens (including phenoxy) is 1. The Kier molecular flexibility index (Phi) is 5.48. The van der Waals surface area contributed by atoms with Gasteiger partial charge >= 0.3 is 6.09 Å². The number of phenolic OH excluding ortho intramolecular Hbond substituents is 1. The molecule has 1 aliphatic heterocycles. The number of anilines is 1. The number of carboxylic acid groups (broad SMARTS) is 1. The molecule has 186 valence electrons. The average Bonchev–Trinajstić information content (AvgIpc) is 3.48. The van der Waals surface area contributed by atoms with Gasteiger partial charge in [-0.3, -0.25) is 9.08 Å². The summed E-state index contributed by atoms with van der Waals surface area (Å²) >= 11 is 0. The highest BCUT2D eigenvalue weighted by Gasteiger charge is 2.35. The van der Waals surface area contributed by atoms with Crippen LogP contribution >= 0.6 is 0 Å². The molecule has 1 saturated heterocycles. The summed E-state index contributed by atoms with van der Waals surface area (Å²) in [6.45, 7) is 1.06. The molecule has 0 spiro atoms. The van der Waals surface area contributed by atoms with E-state index in [0.29, 0.717) is 35.9 Å². The third-order valence-corrected chi connectivity index (χ3v) is 7.11. The number of amides is 1. The van der Waals surface area contributed by atoms with Gasteiger partial charge in [0.2, 0.25) is 5.78 Å². The zero-order valence-electron chi connectivity index (χ0n) is 19.6. The second-order valence-corrected chi connectivity index (χ2v) is 9.45. The maximum absolute atomic E-state index is 11.1. The standard InChI is InChI=1S/C25H27N7O4/c26-23-20(13-31-14-21(28-24(31)29-23)19-3-1-2-4-22(19)33)15-11-27-32(12-15)16-9-18(10-16)36-17-5-7-30(8-6-17)25(34)35/h1-4,11-14,16-18,33H,5-10H2,(H,34,35)(H2,26,28,29). The smallest absolute Gasteiger partial charge is 0.407 e. The summed E-state index contributed by atoms with van der Waals surface area (Å²) in [6, 6.07) is 7.29. The Morgan fingerprint density at radius 2 is 1.81 bits per heavy atom. The summed E-state index contributed by atoms with van der Waals surface area (Å²) in [4.78, 5) is 21.5. The topological polar surface area (TPSA) is 144 Å². The molecule has 4 aromatic rings. The van der Waals surface area contributed by atoms with Crippen molar-refractivity contribution in [3.8, 4) is 28.1 Å². The number of carbonyl (C=O) groups is 1. The van der Waals surface area contributed by atoms with E-state index in [0.717, 1.165) is 36.8 Å². The molecule has 0 unspecified atom stereocenters. The van der Waals surface area contributed by atoms with Gasteiger partial charge in [0.15, 0.2) is 0 Å². The molecule has 2 fully saturated rings. The number of piperidine rings is 1. The zero-order chi connectivity index (χ0) is 24.8. The lowest BCUT2D eigenvalue weighted by Crippen LogP contribution is -2.43. The summed E-state index contributed by atoms with van der Waals surface area (Å²) in [5.41, 5.74) is 9.14. The van der Waals surface area contributed by atoms with Crippen molar-refractivity contribution in [3.63, 3.8) is 0 Å². The number of hydrogen-bond acceptors (Lipinski definition) is 7. The number of nitrogen functional groups attached to an aromatic ring is 1. The highest BCUT2D eigenvalue weighted by Crippen LogP contribution is 2.37. The Balaban J connectivity index is 1.12. The van der Waals surface area contributed by atoms with Crippen LogP contribution in [-0.2, 0) is 4.74 Å². The van der Waals surface area contributed by atoms with Crippen LogP contribution in [0.5, 0.6) is 5.75 Å². The van der Waals surface area contributed by atoms with Crippen molar-refractivity contribution in [2.24, 2.45) is 0 Å². The Morgan fingerprint density at radius 1 is 1.03 bits per heavy atom. The van der Waals surface area contributed by atoms with Gasteiger partial charge in [-0.1, -0.05) is 12.1 Å². The predicted molar refractivity (Wildman–Crippen MR) is 131 cm³/mol. The van der Waals surface area contributed by atoms with Gasteiger partial charge in [-0.15, -0.1) is 0 Å². The number of rotatable bonds is 5. The third-order valence-electron chi connectivity index (χ3n) is 7.11. The highest BCUT2D eigenvalue weighted by molar-refractivity contribution is 5.75. The Hall–Kier alpha value is -4.12. The predicted octanol–water partition coefficient (Wildman–Crippen LogP) is 3.41. The number of benzene rings is 1. The molecular formula is C25H27N7O4. The van der Waals surface area contributed by atoms with Crippen LogP contribution in [0.2, 0.25) is 0 Å². The number of imidazole rings is 1. The van der Waals surface area contributed by atoms with Gasteiger partial charge in [0, 0.05) is 48.4 Å². The molecule has 1 aliphatic carbocycles. The molecule has 2 aliphatic rings. The van der Waals surface area contributed by atoms with Gasteiger partial charge < -0.3 is 25.6 Å². The second-order valence-electron chi connectivity index (χ2n) is 9.45. The lowest BCUT2D eigenvalue weighted by molar-refractivity contribution is -0.0899. The molecule has 36 heavy (non-hydrogen) atoms. The fourth-order valence-corrected chi connectivity index (χ4v) is 4.97. The molecule has 1 aromatic carbocycles. The van der Waals surface area contributed by atoms with Crippen molar-refractivity contribution in [2.45, 2.75) is 43.9 Å². The van der Waals surface area contributed by atoms with Crippen LogP contribution in [0.15, 0.2) is 49.1 Å². The quantitative estimate of drug-likeness (QED) is 0.387. The largest absolute Gasteiger partial charge is 0.507 e. The summed E-state index contributed by atoms with van der Waals surface area (Å²) in [6.07, 6.45) is 10.1. The van der Waals surface area contributed by atoms with E-state index in [4.69, 9.17) is 15.6 Å². The van der Waals surface area contributed by atoms with Gasteiger partial charge in [-0.05, 0) is 37.8 Å². The number of fused-ring (bicyclic) bond motifs is 1. The van der Waals surface area contributed by atoms with E-state index in [1.807, 2.05) is 29.3 Å². The summed E-state index contributed by atoms with van der Waals surface area (Å²) in [5.74, 6) is 0.970. The first kappa shape index (κ1) is 22.4. The monoisotopic (exact) mass is 489 g/mol. The number of phenols is 1. The van der Waals surface area contributed by atoms with Crippen LogP contribution < -0.4 is 5.73 Å². The number of nitrogens with two attached hydrogens (primary N) is 1. The van der Waals surface area contributed by atoms with Crippen molar-refractivity contribution in [2.75, 3.05) is 18.8 Å². The Bertz CT molecular complexity index is 1420. The van der Waals surface area contributed by atoms with Gasteiger partial charge in [0.25, 0.3) is 0 Å². The SMILES string of the molecule is Nc1nc2nc(-c3ccccc3O)cn2cc1-c1cnn(C2CC(OC3CCN(C(=O)O)CC3)C2)c1. The highest BCUT2D eigenvalue weighted by atomic mass is 16.5. The number of aromatic nitrogens is 5. The molecule has 1 amide bonds. The van der Waals surface area contributed by atoms with Crippen LogP contribution in [0.4, 0.5) is 10.6 Å². The summed E-state index contributed by atoms with van der Waals surface area (Å²) in [7, 11) is 0. The number of likely N-dealkylation sites (tertiary alicyclic amines) is 1. The first-order chi connectivity index (χ1) is 17.4. The minimum atomic E-state index is -0.856. The van der Waals surface area contributed by atoms with Crippen molar-refractivity contribution in [1.29, 1.82) is 0 Å². The van der Waals surface area contributed by atoms with E-state index in [1.165, 1.54) is 4.90 Å². The number of nitrogens with zero attached hydrogens (tertiary/aromatic N) is 6. The van der Waals surface area contributed by atoms with Crippen LogP contribution in [-0.4, -0.2) is 70.7 Å². The molecule has 6 rings (SSSR count). The normalized spacial score (nSPS) is 20.5. The van der Waals surface area contributed by atoms with Crippen LogP contribution in [0, 0.1) is 0 Å². The van der Waals surface area contributed by atoms with Gasteiger partial charge in [-0.25, -0.2) is 9.78 Å². The molecule has 4 heterocycles. The molecule has 3 aromatic heterocycles. The van der Waals surface area contributed by atoms with Gasteiger partial charge in [0.05, 0.1) is 30.1 Å². The minimum Gasteiger partial charge on any atom is -0.507 e. The third kappa shape index (κ3) is 4.11. The molecule has 0 bridgehead atoms. The van der Waals surface area contributed by atoms with E-state index in [9.17, 15) is 9.90 Å². The second kappa shape index (κ2) is 8.83. The molecule has 1 saturated carbocycles. The van der Waals surface area contributed by atoms with Crippen molar-refractivity contribution in [3.05, 3.63) is 49.1 Å². The van der Waals surface area contributed by atoms with Crippen LogP contribution in [0.3, 0.4) is 0 Å². The molecule has 0 radical (unpaired) electrons. The maximum Gasteiger partial charge on any atom is 0.407 e. The van der Waals surface area contributed by atoms with E-state index < -0.39 is 6.09 Å². The van der Waals surface area contributed by atoms with Crippen molar-refractivity contribution in [1.82, 2.24) is 29.0 Å². The van der Waals surface area contributed by atoms with E-state index in [1.54, 1.807) is 28.8 Å². The number of aromatic hydroxyl groups is 1. The molecule has 0 atom stereocenters. The molecular weight excluding hydrogens is 462 g/mol. The summed E-state index contributed by atoms with van der Waals surface area (Å²) < 4.78 is 9.95. The van der Waals surface area contributed by atoms with Crippen LogP contribution in [0.1, 0.15) is 31.7 Å². The first-order valence-electron chi connectivity index (χ1n) is 12.1. The Labute approximate surface area is 206 Å². The lowest BCUT2D eigenvalue weighted by atomic mass is 9.89. The summed E-state index contributed by atoms with van der Waals surface area (Å²) in [5, 5.41) is 23.8. The zero-order valence-corrected chi connectivity index (χ0v) is 19.6. The van der Waals surface area contributed by atoms with E-state index in [-0.39, 0.29) is 24.0 Å². The maximum atomic E-state index is 11.1. The molecule has 11 nitrogen and oxygen atoms in total. The molecule has 11 heteroatoms. The van der Waals surface area contributed by atoms with E-state index >= 15 is 0 Å². The fourth-order valence-electron chi connectivity index (χ4n) is 4.97. The van der Waals surface area contributed by atoms with Crippen LogP contribution in [0.25, 0.3) is 28.2 Å². The lowest BCUT2D eigenvalue weighted by Gasteiger charge is -2.39. The Morgan fingerprint density at radius 3 is 2.56 bits per heavy atom. The minimum absolute atomic E-state index is 0.121. The fraction of sp³-hybridized carbons (Fsp3) is 0.360. The van der Waals surface area contributed by atoms with Crippen molar-refractivity contribution < 1.29 is 19.7 Å². The number of hydrogen-bond donors (Lipinski definition) is 3. The average molecular weight is 490 g/mol. The van der Waals surface area contributed by atoms with Gasteiger partial charge in [-0.2, -0.15) is 10.1 Å². The van der Waals surface area contributed by atoms with Gasteiger partial charge in [0.1, 0.15) is 11.6 Å².